The third kappa shape index (κ3) is 1.35. The third-order valence-corrected chi connectivity index (χ3v) is 2.15. The van der Waals surface area contributed by atoms with Crippen molar-refractivity contribution >= 4 is 0 Å². The lowest BCUT2D eigenvalue weighted by molar-refractivity contribution is 1.71. The van der Waals surface area contributed by atoms with Crippen LogP contribution in [0.1, 0.15) is 11.1 Å². The first-order chi connectivity index (χ1) is 6.83. The zero-order chi connectivity index (χ0) is 9.97. The van der Waals surface area contributed by atoms with Crippen molar-refractivity contribution in [1.82, 2.24) is 0 Å². The van der Waals surface area contributed by atoms with Crippen LogP contribution in [-0.4, -0.2) is 0 Å². The molecule has 0 atom stereocenters. The average Bonchev–Trinajstić information content (AvgIpc) is 2.56. The van der Waals surface area contributed by atoms with Gasteiger partial charge in [0.05, 0.1) is 0 Å². The van der Waals surface area contributed by atoms with E-state index in [1.807, 2.05) is 36.4 Å². The fourth-order valence-electron chi connectivity index (χ4n) is 1.46. The zero-order valence-electron chi connectivity index (χ0n) is 7.62. The Morgan fingerprint density at radius 3 is 1.71 bits per heavy atom. The van der Waals surface area contributed by atoms with E-state index in [-0.39, 0.29) is 0 Å². The first-order valence-corrected chi connectivity index (χ1v) is 4.30. The predicted octanol–water partition coefficient (Wildman–Crippen LogP) is 2.75. The van der Waals surface area contributed by atoms with Gasteiger partial charge in [-0.2, -0.15) is 0 Å². The monoisotopic (exact) mass is 176 g/mol. The van der Waals surface area contributed by atoms with E-state index < -0.39 is 0 Å². The Morgan fingerprint density at radius 1 is 0.786 bits per heavy atom. The summed E-state index contributed by atoms with van der Waals surface area (Å²) >= 11 is 0. The van der Waals surface area contributed by atoms with Crippen LogP contribution >= 0.6 is 0 Å². The second-order valence-electron chi connectivity index (χ2n) is 3.07. The maximum Gasteiger partial charge on any atom is 0.0261 e. The molecule has 0 unspecified atom stereocenters. The van der Waals surface area contributed by atoms with Gasteiger partial charge in [0, 0.05) is 11.1 Å². The molecule has 14 heavy (non-hydrogen) atoms. The van der Waals surface area contributed by atoms with E-state index in [1.165, 1.54) is 0 Å². The van der Waals surface area contributed by atoms with Crippen molar-refractivity contribution in [1.29, 1.82) is 0 Å². The second kappa shape index (κ2) is 3.29. The molecular weight excluding hydrogens is 168 g/mol. The molecule has 0 aromatic heterocycles. The molecule has 0 fully saturated rings. The standard InChI is InChI=1S/C14H8/c1-3-11-8-12(4-2)10-14-7-5-6-13(14)9-11/h1-2,5-10H. The van der Waals surface area contributed by atoms with Crippen LogP contribution in [0.4, 0.5) is 0 Å². The Kier molecular flexibility index (Phi) is 1.98. The van der Waals surface area contributed by atoms with Gasteiger partial charge in [0.1, 0.15) is 0 Å². The molecule has 0 N–H and O–H groups in total. The van der Waals surface area contributed by atoms with Gasteiger partial charge in [-0.15, -0.1) is 12.8 Å². The molecule has 2 aliphatic carbocycles. The Bertz CT molecular complexity index is 475. The number of hydrogen-bond donors (Lipinski definition) is 0. The lowest BCUT2D eigenvalue weighted by Gasteiger charge is -1.88. The maximum absolute atomic E-state index is 5.37. The summed E-state index contributed by atoms with van der Waals surface area (Å²) < 4.78 is 0. The molecule has 0 saturated heterocycles. The molecule has 2 rings (SSSR count). The summed E-state index contributed by atoms with van der Waals surface area (Å²) in [7, 11) is 0. The van der Waals surface area contributed by atoms with E-state index in [0.717, 1.165) is 22.3 Å². The topological polar surface area (TPSA) is 0 Å². The SMILES string of the molecule is C#Cc1cc(C#C)cc2cccc-2c1. The molecule has 0 saturated carbocycles. The van der Waals surface area contributed by atoms with Crippen molar-refractivity contribution in [2.45, 2.75) is 0 Å². The fourth-order valence-corrected chi connectivity index (χ4v) is 1.46. The minimum atomic E-state index is 0.819. The molecule has 0 nitrogen and oxygen atoms in total. The molecule has 0 aromatic rings. The Labute approximate surface area is 83.9 Å². The minimum absolute atomic E-state index is 0.819. The highest BCUT2D eigenvalue weighted by Crippen LogP contribution is 2.23. The lowest BCUT2D eigenvalue weighted by atomic mass is 10.2. The minimum Gasteiger partial charge on any atom is -0.115 e. The van der Waals surface area contributed by atoms with E-state index in [2.05, 4.69) is 11.8 Å². The average molecular weight is 176 g/mol. The largest absolute Gasteiger partial charge is 0.115 e. The highest BCUT2D eigenvalue weighted by atomic mass is 14.0. The van der Waals surface area contributed by atoms with Gasteiger partial charge in [-0.3, -0.25) is 0 Å². The van der Waals surface area contributed by atoms with Crippen LogP contribution in [0.15, 0.2) is 36.4 Å². The highest BCUT2D eigenvalue weighted by molar-refractivity contribution is 5.69. The second-order valence-corrected chi connectivity index (χ2v) is 3.07. The summed E-state index contributed by atoms with van der Waals surface area (Å²) in [5, 5.41) is 0. The van der Waals surface area contributed by atoms with Crippen molar-refractivity contribution in [3.8, 4) is 35.8 Å². The first-order valence-electron chi connectivity index (χ1n) is 4.30. The molecule has 0 aromatic carbocycles. The quantitative estimate of drug-likeness (QED) is 0.541. The number of rotatable bonds is 0. The summed E-state index contributed by atoms with van der Waals surface area (Å²) in [6, 6.07) is 11.8. The van der Waals surface area contributed by atoms with Gasteiger partial charge in [-0.25, -0.2) is 0 Å². The fraction of sp³-hybridized carbons (Fsp3) is 0. The molecule has 0 bridgehead atoms. The van der Waals surface area contributed by atoms with Crippen molar-refractivity contribution < 1.29 is 0 Å². The molecule has 0 aliphatic heterocycles. The molecule has 0 heterocycles. The van der Waals surface area contributed by atoms with Crippen LogP contribution < -0.4 is 0 Å². The van der Waals surface area contributed by atoms with Gasteiger partial charge < -0.3 is 0 Å². The van der Waals surface area contributed by atoms with Crippen LogP contribution in [0.2, 0.25) is 0 Å². The summed E-state index contributed by atoms with van der Waals surface area (Å²) in [6.45, 7) is 0. The number of fused-ring (bicyclic) bond motifs is 1. The summed E-state index contributed by atoms with van der Waals surface area (Å²) in [4.78, 5) is 0. The highest BCUT2D eigenvalue weighted by Gasteiger charge is 2.01. The molecule has 0 spiro atoms. The molecular formula is C14H8. The van der Waals surface area contributed by atoms with Gasteiger partial charge >= 0.3 is 0 Å². The molecule has 2 aliphatic rings. The van der Waals surface area contributed by atoms with Crippen molar-refractivity contribution in [3.05, 3.63) is 47.5 Å². The zero-order valence-corrected chi connectivity index (χ0v) is 7.62. The molecule has 0 heteroatoms. The molecule has 64 valence electrons. The summed E-state index contributed by atoms with van der Waals surface area (Å²) in [5.74, 6) is 5.22. The lowest BCUT2D eigenvalue weighted by Crippen LogP contribution is -1.68. The predicted molar refractivity (Wildman–Crippen MR) is 58.9 cm³/mol. The van der Waals surface area contributed by atoms with Gasteiger partial charge in [0.2, 0.25) is 0 Å². The van der Waals surface area contributed by atoms with Crippen LogP contribution in [-0.2, 0) is 0 Å². The Balaban J connectivity index is 2.78. The van der Waals surface area contributed by atoms with Crippen LogP contribution in [0.25, 0.3) is 11.1 Å². The van der Waals surface area contributed by atoms with E-state index in [9.17, 15) is 0 Å². The molecule has 0 amide bonds. The van der Waals surface area contributed by atoms with Crippen molar-refractivity contribution in [3.63, 3.8) is 0 Å². The van der Waals surface area contributed by atoms with Crippen LogP contribution in [0, 0.1) is 24.7 Å². The Morgan fingerprint density at radius 2 is 1.29 bits per heavy atom. The van der Waals surface area contributed by atoms with Crippen molar-refractivity contribution in [2.24, 2.45) is 0 Å². The summed E-state index contributed by atoms with van der Waals surface area (Å²) in [5.41, 5.74) is 3.89. The first kappa shape index (κ1) is 8.42. The summed E-state index contributed by atoms with van der Waals surface area (Å²) in [6.07, 6.45) is 10.7. The van der Waals surface area contributed by atoms with Gasteiger partial charge in [0.25, 0.3) is 0 Å². The van der Waals surface area contributed by atoms with Gasteiger partial charge in [-0.1, -0.05) is 30.0 Å². The molecule has 0 radical (unpaired) electrons. The third-order valence-electron chi connectivity index (χ3n) is 2.15. The normalized spacial score (nSPS) is 9.29. The van der Waals surface area contributed by atoms with E-state index in [4.69, 9.17) is 12.8 Å². The van der Waals surface area contributed by atoms with Gasteiger partial charge in [0.15, 0.2) is 0 Å². The smallest absolute Gasteiger partial charge is 0.0261 e. The maximum atomic E-state index is 5.37. The Hall–Kier alpha value is -2.18. The number of terminal acetylenes is 2. The van der Waals surface area contributed by atoms with E-state index in [0.29, 0.717) is 0 Å². The number of hydrogen-bond acceptors (Lipinski definition) is 0. The van der Waals surface area contributed by atoms with E-state index >= 15 is 0 Å². The van der Waals surface area contributed by atoms with Crippen molar-refractivity contribution in [2.75, 3.05) is 0 Å². The van der Waals surface area contributed by atoms with Crippen LogP contribution in [0.3, 0.4) is 0 Å². The van der Waals surface area contributed by atoms with Gasteiger partial charge in [-0.05, 0) is 29.3 Å². The van der Waals surface area contributed by atoms with Crippen LogP contribution in [0.5, 0.6) is 0 Å². The van der Waals surface area contributed by atoms with E-state index in [1.54, 1.807) is 0 Å².